The van der Waals surface area contributed by atoms with Crippen molar-refractivity contribution < 1.29 is 9.59 Å². The van der Waals surface area contributed by atoms with Gasteiger partial charge in [-0.2, -0.15) is 0 Å². The molecule has 0 saturated heterocycles. The van der Waals surface area contributed by atoms with E-state index in [0.29, 0.717) is 0 Å². The molecule has 0 aliphatic rings. The molecule has 0 amide bonds. The fraction of sp³-hybridized carbons (Fsp3) is 0.300. The molecule has 114 valence electrons. The average molecular weight is 294 g/mol. The van der Waals surface area contributed by atoms with Crippen LogP contribution in [-0.4, -0.2) is 11.6 Å². The lowest BCUT2D eigenvalue weighted by Crippen LogP contribution is -2.19. The lowest BCUT2D eigenvalue weighted by atomic mass is 9.95. The predicted octanol–water partition coefficient (Wildman–Crippen LogP) is 3.84. The number of carbonyl (C=O) groups is 2. The summed E-state index contributed by atoms with van der Waals surface area (Å²) in [5.41, 5.74) is 6.32. The van der Waals surface area contributed by atoms with Crippen LogP contribution in [0.1, 0.15) is 33.4 Å². The van der Waals surface area contributed by atoms with Crippen LogP contribution < -0.4 is 0 Å². The Morgan fingerprint density at radius 1 is 0.682 bits per heavy atom. The van der Waals surface area contributed by atoms with Crippen molar-refractivity contribution in [3.8, 4) is 0 Å². The summed E-state index contributed by atoms with van der Waals surface area (Å²) >= 11 is 0. The van der Waals surface area contributed by atoms with E-state index in [0.717, 1.165) is 33.4 Å². The van der Waals surface area contributed by atoms with Crippen LogP contribution >= 0.6 is 0 Å². The maximum absolute atomic E-state index is 12.2. The van der Waals surface area contributed by atoms with Gasteiger partial charge in [0, 0.05) is 12.8 Å². The van der Waals surface area contributed by atoms with E-state index in [4.69, 9.17) is 0 Å². The van der Waals surface area contributed by atoms with Gasteiger partial charge >= 0.3 is 0 Å². The van der Waals surface area contributed by atoms with Gasteiger partial charge in [0.05, 0.1) is 0 Å². The molecule has 0 unspecified atom stereocenters. The van der Waals surface area contributed by atoms with E-state index in [2.05, 4.69) is 0 Å². The number of aryl methyl sites for hydroxylation is 4. The zero-order chi connectivity index (χ0) is 16.3. The minimum absolute atomic E-state index is 0.190. The lowest BCUT2D eigenvalue weighted by molar-refractivity contribution is -0.135. The normalized spacial score (nSPS) is 10.5. The molecule has 2 heteroatoms. The Hall–Kier alpha value is -2.22. The molecular formula is C20H22O2. The number of Topliss-reactive ketones (excluding diaryl/α,β-unsaturated/α-hetero) is 2. The zero-order valence-electron chi connectivity index (χ0n) is 13.7. The lowest BCUT2D eigenvalue weighted by Gasteiger charge is -2.08. The Balaban J connectivity index is 2.07. The van der Waals surface area contributed by atoms with E-state index in [1.165, 1.54) is 0 Å². The van der Waals surface area contributed by atoms with Crippen LogP contribution in [0.5, 0.6) is 0 Å². The minimum atomic E-state index is -0.313. The van der Waals surface area contributed by atoms with Crippen molar-refractivity contribution >= 4 is 11.6 Å². The van der Waals surface area contributed by atoms with Gasteiger partial charge in [0.25, 0.3) is 0 Å². The van der Waals surface area contributed by atoms with Crippen LogP contribution in [0, 0.1) is 27.7 Å². The van der Waals surface area contributed by atoms with Crippen LogP contribution in [0.4, 0.5) is 0 Å². The fourth-order valence-electron chi connectivity index (χ4n) is 2.63. The highest BCUT2D eigenvalue weighted by Crippen LogP contribution is 2.14. The van der Waals surface area contributed by atoms with Gasteiger partial charge in [-0.25, -0.2) is 0 Å². The molecule has 22 heavy (non-hydrogen) atoms. The fourth-order valence-corrected chi connectivity index (χ4v) is 2.63. The van der Waals surface area contributed by atoms with Gasteiger partial charge in [-0.1, -0.05) is 47.5 Å². The van der Waals surface area contributed by atoms with Gasteiger partial charge < -0.3 is 0 Å². The summed E-state index contributed by atoms with van der Waals surface area (Å²) in [6.07, 6.45) is 0.381. The highest BCUT2D eigenvalue weighted by atomic mass is 16.2. The van der Waals surface area contributed by atoms with Gasteiger partial charge in [0.15, 0.2) is 0 Å². The molecule has 0 aromatic heterocycles. The summed E-state index contributed by atoms with van der Waals surface area (Å²) in [7, 11) is 0. The highest BCUT2D eigenvalue weighted by Gasteiger charge is 2.16. The largest absolute Gasteiger partial charge is 0.291 e. The molecule has 2 rings (SSSR count). The van der Waals surface area contributed by atoms with Crippen molar-refractivity contribution in [2.75, 3.05) is 0 Å². The van der Waals surface area contributed by atoms with E-state index in [-0.39, 0.29) is 24.4 Å². The Morgan fingerprint density at radius 3 is 1.36 bits per heavy atom. The molecule has 0 bridgehead atoms. The number of ketones is 2. The van der Waals surface area contributed by atoms with Crippen molar-refractivity contribution in [3.63, 3.8) is 0 Å². The second-order valence-corrected chi connectivity index (χ2v) is 6.06. The summed E-state index contributed by atoms with van der Waals surface area (Å²) in [6.45, 7) is 7.99. The summed E-state index contributed by atoms with van der Waals surface area (Å²) in [4.78, 5) is 24.4. The highest BCUT2D eigenvalue weighted by molar-refractivity contribution is 6.38. The third-order valence-electron chi connectivity index (χ3n) is 4.01. The SMILES string of the molecule is Cc1ccc(CC(=O)C(=O)Cc2ccc(C)cc2C)c(C)c1. The second-order valence-electron chi connectivity index (χ2n) is 6.06. The molecule has 2 aromatic carbocycles. The second kappa shape index (κ2) is 6.69. The molecule has 0 atom stereocenters. The monoisotopic (exact) mass is 294 g/mol. The van der Waals surface area contributed by atoms with Crippen molar-refractivity contribution in [2.45, 2.75) is 40.5 Å². The van der Waals surface area contributed by atoms with E-state index in [9.17, 15) is 9.59 Å². The molecule has 2 aromatic rings. The average Bonchev–Trinajstić information content (AvgIpc) is 2.44. The zero-order valence-corrected chi connectivity index (χ0v) is 13.7. The molecule has 0 aliphatic heterocycles. The topological polar surface area (TPSA) is 34.1 Å². The van der Waals surface area contributed by atoms with Crippen molar-refractivity contribution in [3.05, 3.63) is 69.8 Å². The van der Waals surface area contributed by atoms with Crippen LogP contribution in [0.25, 0.3) is 0 Å². The van der Waals surface area contributed by atoms with E-state index < -0.39 is 0 Å². The number of carbonyl (C=O) groups excluding carboxylic acids is 2. The van der Waals surface area contributed by atoms with Gasteiger partial charge in [0.1, 0.15) is 0 Å². The minimum Gasteiger partial charge on any atom is -0.291 e. The standard InChI is InChI=1S/C20H22O2/c1-13-5-7-17(15(3)9-13)11-19(21)20(22)12-18-8-6-14(2)10-16(18)4/h5-10H,11-12H2,1-4H3. The van der Waals surface area contributed by atoms with Crippen molar-refractivity contribution in [2.24, 2.45) is 0 Å². The third-order valence-corrected chi connectivity index (χ3v) is 4.01. The quantitative estimate of drug-likeness (QED) is 0.785. The van der Waals surface area contributed by atoms with Crippen LogP contribution in [0.3, 0.4) is 0 Å². The predicted molar refractivity (Wildman–Crippen MR) is 89.3 cm³/mol. The Bertz CT molecular complexity index is 663. The maximum atomic E-state index is 12.2. The van der Waals surface area contributed by atoms with Crippen molar-refractivity contribution in [1.82, 2.24) is 0 Å². The van der Waals surface area contributed by atoms with Crippen LogP contribution in [0.15, 0.2) is 36.4 Å². The Morgan fingerprint density at radius 2 is 1.05 bits per heavy atom. The van der Waals surface area contributed by atoms with E-state index >= 15 is 0 Å². The number of rotatable bonds is 5. The molecule has 0 aliphatic carbocycles. The first-order valence-corrected chi connectivity index (χ1v) is 7.55. The Kier molecular flexibility index (Phi) is 4.92. The van der Waals surface area contributed by atoms with Crippen molar-refractivity contribution in [1.29, 1.82) is 0 Å². The molecule has 0 fully saturated rings. The third kappa shape index (κ3) is 3.91. The number of benzene rings is 2. The van der Waals surface area contributed by atoms with Gasteiger partial charge in [-0.15, -0.1) is 0 Å². The number of hydrogen-bond donors (Lipinski definition) is 0. The molecule has 0 saturated carbocycles. The summed E-state index contributed by atoms with van der Waals surface area (Å²) in [6, 6.07) is 11.9. The van der Waals surface area contributed by atoms with Crippen LogP contribution in [0.2, 0.25) is 0 Å². The molecule has 0 heterocycles. The first-order valence-electron chi connectivity index (χ1n) is 7.55. The summed E-state index contributed by atoms with van der Waals surface area (Å²) in [5, 5.41) is 0. The smallest absolute Gasteiger partial charge is 0.203 e. The summed E-state index contributed by atoms with van der Waals surface area (Å²) in [5.74, 6) is -0.626. The molecule has 0 N–H and O–H groups in total. The van der Waals surface area contributed by atoms with E-state index in [1.807, 2.05) is 64.1 Å². The van der Waals surface area contributed by atoms with E-state index in [1.54, 1.807) is 0 Å². The first-order chi connectivity index (χ1) is 10.4. The maximum Gasteiger partial charge on any atom is 0.203 e. The number of hydrogen-bond acceptors (Lipinski definition) is 2. The van der Waals surface area contributed by atoms with Gasteiger partial charge in [-0.3, -0.25) is 9.59 Å². The summed E-state index contributed by atoms with van der Waals surface area (Å²) < 4.78 is 0. The Labute approximate surface area is 132 Å². The van der Waals surface area contributed by atoms with Crippen LogP contribution in [-0.2, 0) is 22.4 Å². The molecule has 0 radical (unpaired) electrons. The van der Waals surface area contributed by atoms with Gasteiger partial charge in [0.2, 0.25) is 11.6 Å². The molecule has 0 spiro atoms. The molecule has 2 nitrogen and oxygen atoms in total. The van der Waals surface area contributed by atoms with Gasteiger partial charge in [-0.05, 0) is 49.9 Å². The molecular weight excluding hydrogens is 272 g/mol. The first kappa shape index (κ1) is 16.2.